The molecule has 3 aromatic rings. The number of carbonyl (C=O) groups excluding carboxylic acids is 1. The Bertz CT molecular complexity index is 1020. The van der Waals surface area contributed by atoms with E-state index in [1.165, 1.54) is 44.8 Å². The molecular formula is C24H27N3O2S. The van der Waals surface area contributed by atoms with E-state index in [1.807, 2.05) is 18.2 Å². The predicted molar refractivity (Wildman–Crippen MR) is 119 cm³/mol. The zero-order valence-electron chi connectivity index (χ0n) is 17.5. The highest BCUT2D eigenvalue weighted by Gasteiger charge is 2.25. The van der Waals surface area contributed by atoms with E-state index >= 15 is 0 Å². The second kappa shape index (κ2) is 9.47. The van der Waals surface area contributed by atoms with Crippen LogP contribution in [0.4, 0.5) is 0 Å². The molecule has 30 heavy (non-hydrogen) atoms. The van der Waals surface area contributed by atoms with Crippen LogP contribution in [0.2, 0.25) is 0 Å². The molecule has 1 heterocycles. The Morgan fingerprint density at radius 1 is 1.07 bits per heavy atom. The van der Waals surface area contributed by atoms with Gasteiger partial charge in [-0.1, -0.05) is 67.4 Å². The Labute approximate surface area is 181 Å². The van der Waals surface area contributed by atoms with Gasteiger partial charge in [0.15, 0.2) is 5.16 Å². The molecule has 1 aliphatic carbocycles. The number of hydrogen-bond donors (Lipinski definition) is 0. The molecular weight excluding hydrogens is 394 g/mol. The number of thioether (sulfide) groups is 1. The zero-order chi connectivity index (χ0) is 20.9. The summed E-state index contributed by atoms with van der Waals surface area (Å²) in [5.74, 6) is 1.82. The second-order valence-corrected chi connectivity index (χ2v) is 8.68. The normalized spacial score (nSPS) is 14.6. The molecule has 0 aliphatic heterocycles. The fourth-order valence-corrected chi connectivity index (χ4v) is 5.09. The van der Waals surface area contributed by atoms with Crippen LogP contribution in [0.25, 0.3) is 5.69 Å². The van der Waals surface area contributed by atoms with Crippen molar-refractivity contribution in [3.63, 3.8) is 0 Å². The summed E-state index contributed by atoms with van der Waals surface area (Å²) in [5, 5.41) is 10.1. The summed E-state index contributed by atoms with van der Waals surface area (Å²) in [6, 6.07) is 16.0. The first-order chi connectivity index (χ1) is 14.7. The molecule has 0 N–H and O–H groups in total. The van der Waals surface area contributed by atoms with Gasteiger partial charge in [0.05, 0.1) is 18.4 Å². The summed E-state index contributed by atoms with van der Waals surface area (Å²) >= 11 is 1.61. The van der Waals surface area contributed by atoms with Gasteiger partial charge >= 0.3 is 5.97 Å². The predicted octanol–water partition coefficient (Wildman–Crippen LogP) is 5.70. The Morgan fingerprint density at radius 3 is 2.57 bits per heavy atom. The first-order valence-corrected chi connectivity index (χ1v) is 11.5. The molecule has 0 bridgehead atoms. The van der Waals surface area contributed by atoms with Crippen molar-refractivity contribution in [3.05, 3.63) is 71.0 Å². The van der Waals surface area contributed by atoms with Gasteiger partial charge in [-0.15, -0.1) is 10.2 Å². The van der Waals surface area contributed by atoms with Crippen molar-refractivity contribution in [2.45, 2.75) is 55.9 Å². The molecule has 0 spiro atoms. The molecule has 0 unspecified atom stereocenters. The van der Waals surface area contributed by atoms with E-state index in [9.17, 15) is 4.79 Å². The quantitative estimate of drug-likeness (QED) is 0.377. The molecule has 2 aromatic carbocycles. The van der Waals surface area contributed by atoms with Crippen LogP contribution in [0.3, 0.4) is 0 Å². The van der Waals surface area contributed by atoms with E-state index in [0.717, 1.165) is 22.2 Å². The summed E-state index contributed by atoms with van der Waals surface area (Å²) in [4.78, 5) is 12.1. The lowest BCUT2D eigenvalue weighted by Gasteiger charge is -2.22. The maximum atomic E-state index is 12.1. The first-order valence-electron chi connectivity index (χ1n) is 10.5. The Balaban J connectivity index is 1.68. The van der Waals surface area contributed by atoms with E-state index in [4.69, 9.17) is 4.74 Å². The fraction of sp³-hybridized carbons (Fsp3) is 0.375. The highest BCUT2D eigenvalue weighted by Crippen LogP contribution is 2.36. The van der Waals surface area contributed by atoms with Crippen LogP contribution in [0, 0.1) is 6.92 Å². The lowest BCUT2D eigenvalue weighted by atomic mass is 9.88. The van der Waals surface area contributed by atoms with Crippen molar-refractivity contribution < 1.29 is 9.53 Å². The molecule has 0 saturated heterocycles. The zero-order valence-corrected chi connectivity index (χ0v) is 18.3. The number of hydrogen-bond acceptors (Lipinski definition) is 5. The Kier molecular flexibility index (Phi) is 6.53. The average molecular weight is 422 g/mol. The molecule has 0 atom stereocenters. The SMILES string of the molecule is COC(=O)c1ccccc1CSc1nnc(C2CCCCC2)n1-c1ccccc1C. The summed E-state index contributed by atoms with van der Waals surface area (Å²) in [5.41, 5.74) is 3.87. The molecule has 0 radical (unpaired) electrons. The third-order valence-corrected chi connectivity index (χ3v) is 6.74. The van der Waals surface area contributed by atoms with Gasteiger partial charge in [0.25, 0.3) is 0 Å². The third kappa shape index (κ3) is 4.29. The van der Waals surface area contributed by atoms with Crippen molar-refractivity contribution in [2.75, 3.05) is 7.11 Å². The topological polar surface area (TPSA) is 57.0 Å². The minimum atomic E-state index is -0.311. The number of para-hydroxylation sites is 1. The standard InChI is InChI=1S/C24H27N3O2S/c1-17-10-6-9-15-21(17)27-22(18-11-4-3-5-12-18)25-26-24(27)30-16-19-13-7-8-14-20(19)23(28)29-2/h6-10,13-15,18H,3-5,11-12,16H2,1-2H3. The Hall–Kier alpha value is -2.60. The van der Waals surface area contributed by atoms with Crippen LogP contribution in [0.5, 0.6) is 0 Å². The van der Waals surface area contributed by atoms with Gasteiger partial charge in [0.2, 0.25) is 0 Å². The van der Waals surface area contributed by atoms with Crippen LogP contribution in [-0.4, -0.2) is 27.8 Å². The maximum Gasteiger partial charge on any atom is 0.338 e. The van der Waals surface area contributed by atoms with Gasteiger partial charge in [0.1, 0.15) is 5.82 Å². The first kappa shape index (κ1) is 20.7. The Morgan fingerprint density at radius 2 is 1.80 bits per heavy atom. The average Bonchev–Trinajstić information content (AvgIpc) is 3.22. The molecule has 4 rings (SSSR count). The number of carbonyl (C=O) groups is 1. The number of aromatic nitrogens is 3. The molecule has 1 aromatic heterocycles. The van der Waals surface area contributed by atoms with E-state index in [-0.39, 0.29) is 5.97 Å². The van der Waals surface area contributed by atoms with E-state index in [0.29, 0.717) is 17.2 Å². The monoisotopic (exact) mass is 421 g/mol. The van der Waals surface area contributed by atoms with E-state index in [2.05, 4.69) is 46.0 Å². The second-order valence-electron chi connectivity index (χ2n) is 7.74. The van der Waals surface area contributed by atoms with Crippen LogP contribution < -0.4 is 0 Å². The number of nitrogens with zero attached hydrogens (tertiary/aromatic N) is 3. The summed E-state index contributed by atoms with van der Waals surface area (Å²) in [6.07, 6.45) is 6.14. The number of esters is 1. The summed E-state index contributed by atoms with van der Waals surface area (Å²) in [6.45, 7) is 2.13. The van der Waals surface area contributed by atoms with Crippen molar-refractivity contribution in [1.29, 1.82) is 0 Å². The minimum Gasteiger partial charge on any atom is -0.465 e. The van der Waals surface area contributed by atoms with Gasteiger partial charge in [-0.25, -0.2) is 4.79 Å². The lowest BCUT2D eigenvalue weighted by molar-refractivity contribution is 0.0600. The largest absolute Gasteiger partial charge is 0.465 e. The molecule has 1 fully saturated rings. The lowest BCUT2D eigenvalue weighted by Crippen LogP contribution is -2.12. The third-order valence-electron chi connectivity index (χ3n) is 5.76. The number of methoxy groups -OCH3 is 1. The number of ether oxygens (including phenoxy) is 1. The highest BCUT2D eigenvalue weighted by atomic mass is 32.2. The maximum absolute atomic E-state index is 12.1. The van der Waals surface area contributed by atoms with Crippen LogP contribution in [0.1, 0.15) is 65.3 Å². The van der Waals surface area contributed by atoms with Crippen LogP contribution in [0.15, 0.2) is 53.7 Å². The van der Waals surface area contributed by atoms with Crippen molar-refractivity contribution >= 4 is 17.7 Å². The molecule has 1 saturated carbocycles. The van der Waals surface area contributed by atoms with Gasteiger partial charge < -0.3 is 4.74 Å². The number of aryl methyl sites for hydroxylation is 1. The van der Waals surface area contributed by atoms with Crippen molar-refractivity contribution in [1.82, 2.24) is 14.8 Å². The molecule has 1 aliphatic rings. The molecule has 6 heteroatoms. The fourth-order valence-electron chi connectivity index (χ4n) is 4.14. The van der Waals surface area contributed by atoms with E-state index < -0.39 is 0 Å². The summed E-state index contributed by atoms with van der Waals surface area (Å²) < 4.78 is 7.17. The van der Waals surface area contributed by atoms with Gasteiger partial charge in [0, 0.05) is 11.7 Å². The van der Waals surface area contributed by atoms with Gasteiger partial charge in [-0.2, -0.15) is 0 Å². The molecule has 5 nitrogen and oxygen atoms in total. The van der Waals surface area contributed by atoms with Crippen molar-refractivity contribution in [3.8, 4) is 5.69 Å². The van der Waals surface area contributed by atoms with Gasteiger partial charge in [-0.05, 0) is 43.0 Å². The highest BCUT2D eigenvalue weighted by molar-refractivity contribution is 7.98. The molecule has 0 amide bonds. The summed E-state index contributed by atoms with van der Waals surface area (Å²) in [7, 11) is 1.41. The van der Waals surface area contributed by atoms with Crippen molar-refractivity contribution in [2.24, 2.45) is 0 Å². The van der Waals surface area contributed by atoms with Gasteiger partial charge in [-0.3, -0.25) is 4.57 Å². The van der Waals surface area contributed by atoms with Crippen LogP contribution in [-0.2, 0) is 10.5 Å². The van der Waals surface area contributed by atoms with E-state index in [1.54, 1.807) is 17.8 Å². The van der Waals surface area contributed by atoms with Crippen LogP contribution >= 0.6 is 11.8 Å². The molecule has 156 valence electrons. The number of benzene rings is 2. The smallest absolute Gasteiger partial charge is 0.338 e. The number of rotatable bonds is 6. The minimum absolute atomic E-state index is 0.311.